The summed E-state index contributed by atoms with van der Waals surface area (Å²) in [5.41, 5.74) is 1.39. The fourth-order valence-corrected chi connectivity index (χ4v) is 2.18. The third-order valence-corrected chi connectivity index (χ3v) is 3.65. The Balaban J connectivity index is 1.83. The van der Waals surface area contributed by atoms with Crippen LogP contribution in [-0.4, -0.2) is 30.1 Å². The molecule has 0 saturated carbocycles. The quantitative estimate of drug-likeness (QED) is 0.665. The normalized spacial score (nSPS) is 12.0. The van der Waals surface area contributed by atoms with Gasteiger partial charge in [0.15, 0.2) is 6.10 Å². The number of carbonyl (C=O) groups is 3. The number of nitriles is 1. The Bertz CT molecular complexity index is 893. The smallest absolute Gasteiger partial charge is 0.329 e. The van der Waals surface area contributed by atoms with Crippen LogP contribution >= 0.6 is 0 Å². The summed E-state index contributed by atoms with van der Waals surface area (Å²) < 4.78 is 5.10. The molecule has 0 unspecified atom stereocenters. The molecule has 2 aromatic rings. The number of esters is 1. The van der Waals surface area contributed by atoms with Crippen LogP contribution in [0.15, 0.2) is 54.6 Å². The molecule has 0 aromatic heterocycles. The van der Waals surface area contributed by atoms with Crippen molar-refractivity contribution >= 4 is 29.3 Å². The standard InChI is InChI=1S/C20H20N4O4/c1-13(22-20(27)24-16-8-4-3-5-9-16)19(26)28-14(2)18(25)23-17-10-6-7-15(11-17)12-21/h3-11,13-14H,1-2H3,(H,23,25)(H2,22,24,27)/t13-,14+/m0/s1. The van der Waals surface area contributed by atoms with Crippen LogP contribution in [0.2, 0.25) is 0 Å². The summed E-state index contributed by atoms with van der Waals surface area (Å²) in [4.78, 5) is 36.2. The van der Waals surface area contributed by atoms with Crippen molar-refractivity contribution in [3.05, 3.63) is 60.2 Å². The number of rotatable bonds is 6. The summed E-state index contributed by atoms with van der Waals surface area (Å²) in [5.74, 6) is -1.30. The lowest BCUT2D eigenvalue weighted by molar-refractivity contribution is -0.154. The van der Waals surface area contributed by atoms with Crippen molar-refractivity contribution in [1.29, 1.82) is 5.26 Å². The molecule has 2 rings (SSSR count). The van der Waals surface area contributed by atoms with E-state index in [2.05, 4.69) is 16.0 Å². The molecule has 2 aromatic carbocycles. The number of benzene rings is 2. The molecule has 2 atom stereocenters. The third-order valence-electron chi connectivity index (χ3n) is 3.65. The maximum Gasteiger partial charge on any atom is 0.329 e. The first-order valence-corrected chi connectivity index (χ1v) is 8.53. The summed E-state index contributed by atoms with van der Waals surface area (Å²) in [5, 5.41) is 16.5. The van der Waals surface area contributed by atoms with Crippen molar-refractivity contribution in [3.63, 3.8) is 0 Å². The van der Waals surface area contributed by atoms with E-state index in [4.69, 9.17) is 10.00 Å². The van der Waals surface area contributed by atoms with Gasteiger partial charge in [-0.1, -0.05) is 24.3 Å². The number of para-hydroxylation sites is 1. The number of hydrogen-bond acceptors (Lipinski definition) is 5. The van der Waals surface area contributed by atoms with Crippen LogP contribution in [0.4, 0.5) is 16.2 Å². The van der Waals surface area contributed by atoms with Crippen molar-refractivity contribution in [2.75, 3.05) is 10.6 Å². The maximum absolute atomic E-state index is 12.2. The molecule has 28 heavy (non-hydrogen) atoms. The first-order chi connectivity index (χ1) is 13.4. The molecular weight excluding hydrogens is 360 g/mol. The van der Waals surface area contributed by atoms with E-state index in [1.807, 2.05) is 12.1 Å². The van der Waals surface area contributed by atoms with Gasteiger partial charge in [-0.05, 0) is 44.2 Å². The SMILES string of the molecule is C[C@H](NC(=O)Nc1ccccc1)C(=O)O[C@H](C)C(=O)Nc1cccc(C#N)c1. The van der Waals surface area contributed by atoms with Crippen molar-refractivity contribution in [3.8, 4) is 6.07 Å². The van der Waals surface area contributed by atoms with E-state index >= 15 is 0 Å². The van der Waals surface area contributed by atoms with Gasteiger partial charge < -0.3 is 20.7 Å². The van der Waals surface area contributed by atoms with E-state index in [-0.39, 0.29) is 0 Å². The molecule has 0 fully saturated rings. The molecule has 0 radical (unpaired) electrons. The zero-order valence-corrected chi connectivity index (χ0v) is 15.4. The van der Waals surface area contributed by atoms with E-state index < -0.39 is 30.1 Å². The van der Waals surface area contributed by atoms with Gasteiger partial charge >= 0.3 is 12.0 Å². The number of anilines is 2. The Hall–Kier alpha value is -3.86. The summed E-state index contributed by atoms with van der Waals surface area (Å²) in [6, 6.07) is 15.5. The lowest BCUT2D eigenvalue weighted by atomic mass is 10.2. The molecule has 0 aliphatic heterocycles. The zero-order valence-electron chi connectivity index (χ0n) is 15.4. The summed E-state index contributed by atoms with van der Waals surface area (Å²) >= 11 is 0. The Morgan fingerprint density at radius 1 is 0.964 bits per heavy atom. The van der Waals surface area contributed by atoms with Crippen LogP contribution in [0.3, 0.4) is 0 Å². The summed E-state index contributed by atoms with van der Waals surface area (Å²) in [7, 11) is 0. The highest BCUT2D eigenvalue weighted by Gasteiger charge is 2.23. The molecule has 0 aliphatic carbocycles. The van der Waals surface area contributed by atoms with Crippen LogP contribution in [0.1, 0.15) is 19.4 Å². The number of hydrogen-bond donors (Lipinski definition) is 3. The molecular formula is C20H20N4O4. The minimum atomic E-state index is -1.08. The second-order valence-electron chi connectivity index (χ2n) is 5.95. The van der Waals surface area contributed by atoms with Gasteiger partial charge in [-0.25, -0.2) is 9.59 Å². The van der Waals surface area contributed by atoms with E-state index in [1.54, 1.807) is 42.5 Å². The molecule has 8 heteroatoms. The summed E-state index contributed by atoms with van der Waals surface area (Å²) in [6.07, 6.45) is -1.08. The minimum absolute atomic E-state index is 0.393. The molecule has 8 nitrogen and oxygen atoms in total. The highest BCUT2D eigenvalue weighted by Crippen LogP contribution is 2.11. The van der Waals surface area contributed by atoms with Crippen LogP contribution in [0.25, 0.3) is 0 Å². The number of nitrogens with one attached hydrogen (secondary N) is 3. The van der Waals surface area contributed by atoms with Crippen LogP contribution in [0, 0.1) is 11.3 Å². The molecule has 3 N–H and O–H groups in total. The fourth-order valence-electron chi connectivity index (χ4n) is 2.18. The van der Waals surface area contributed by atoms with Crippen molar-refractivity contribution in [2.24, 2.45) is 0 Å². The molecule has 0 saturated heterocycles. The monoisotopic (exact) mass is 380 g/mol. The second kappa shape index (κ2) is 9.73. The van der Waals surface area contributed by atoms with Gasteiger partial charge in [0.1, 0.15) is 6.04 Å². The van der Waals surface area contributed by atoms with Gasteiger partial charge in [0.2, 0.25) is 0 Å². The van der Waals surface area contributed by atoms with Gasteiger partial charge in [0.05, 0.1) is 11.6 Å². The highest BCUT2D eigenvalue weighted by molar-refractivity contribution is 5.96. The molecule has 0 aliphatic rings. The summed E-state index contributed by atoms with van der Waals surface area (Å²) in [6.45, 7) is 2.87. The number of carbonyl (C=O) groups excluding carboxylic acids is 3. The second-order valence-corrected chi connectivity index (χ2v) is 5.95. The van der Waals surface area contributed by atoms with Gasteiger partial charge in [-0.15, -0.1) is 0 Å². The molecule has 0 bridgehead atoms. The van der Waals surface area contributed by atoms with E-state index in [0.717, 1.165) is 0 Å². The Kier molecular flexibility index (Phi) is 7.11. The molecule has 0 heterocycles. The van der Waals surface area contributed by atoms with Gasteiger partial charge in [0, 0.05) is 11.4 Å². The van der Waals surface area contributed by atoms with Crippen molar-refractivity contribution in [1.82, 2.24) is 5.32 Å². The number of amides is 3. The number of ether oxygens (including phenoxy) is 1. The number of nitrogens with zero attached hydrogens (tertiary/aromatic N) is 1. The first-order valence-electron chi connectivity index (χ1n) is 8.53. The van der Waals surface area contributed by atoms with Crippen LogP contribution in [0.5, 0.6) is 0 Å². The minimum Gasteiger partial charge on any atom is -0.451 e. The largest absolute Gasteiger partial charge is 0.451 e. The van der Waals surface area contributed by atoms with Crippen molar-refractivity contribution < 1.29 is 19.1 Å². The Morgan fingerprint density at radius 2 is 1.64 bits per heavy atom. The first kappa shape index (κ1) is 20.5. The van der Waals surface area contributed by atoms with Gasteiger partial charge in [-0.2, -0.15) is 5.26 Å². The van der Waals surface area contributed by atoms with Crippen molar-refractivity contribution in [2.45, 2.75) is 26.0 Å². The topological polar surface area (TPSA) is 120 Å². The van der Waals surface area contributed by atoms with E-state index in [0.29, 0.717) is 16.9 Å². The highest BCUT2D eigenvalue weighted by atomic mass is 16.5. The average molecular weight is 380 g/mol. The zero-order chi connectivity index (χ0) is 20.5. The predicted molar refractivity (Wildman–Crippen MR) is 103 cm³/mol. The molecule has 3 amide bonds. The lowest BCUT2D eigenvalue weighted by Crippen LogP contribution is -2.44. The Morgan fingerprint density at radius 3 is 2.32 bits per heavy atom. The third kappa shape index (κ3) is 6.14. The Labute approximate surface area is 162 Å². The van der Waals surface area contributed by atoms with E-state index in [1.165, 1.54) is 19.9 Å². The number of urea groups is 1. The predicted octanol–water partition coefficient (Wildman–Crippen LogP) is 2.64. The fraction of sp³-hybridized carbons (Fsp3) is 0.200. The maximum atomic E-state index is 12.2. The van der Waals surface area contributed by atoms with E-state index in [9.17, 15) is 14.4 Å². The van der Waals surface area contributed by atoms with Crippen LogP contribution in [-0.2, 0) is 14.3 Å². The van der Waals surface area contributed by atoms with Crippen LogP contribution < -0.4 is 16.0 Å². The average Bonchev–Trinajstić information content (AvgIpc) is 2.68. The van der Waals surface area contributed by atoms with Gasteiger partial charge in [0.25, 0.3) is 5.91 Å². The molecule has 144 valence electrons. The van der Waals surface area contributed by atoms with Gasteiger partial charge in [-0.3, -0.25) is 4.79 Å². The lowest BCUT2D eigenvalue weighted by Gasteiger charge is -2.18. The molecule has 0 spiro atoms.